The summed E-state index contributed by atoms with van der Waals surface area (Å²) in [4.78, 5) is 9.57. The molecule has 0 heterocycles. The standard InChI is InChI=1S/C4H8O3.H3N/c1-2-3(5)4(6)7;/h3,5H,2H2,1H3,(H,6,7);1H3. The summed E-state index contributed by atoms with van der Waals surface area (Å²) in [7, 11) is 0. The monoisotopic (exact) mass is 121 g/mol. The lowest BCUT2D eigenvalue weighted by atomic mass is 10.3. The fourth-order valence-corrected chi connectivity index (χ4v) is 0.167. The zero-order valence-corrected chi connectivity index (χ0v) is 5.05. The molecule has 50 valence electrons. The third-order valence-electron chi connectivity index (χ3n) is 0.659. The second-order valence-corrected chi connectivity index (χ2v) is 1.24. The zero-order chi connectivity index (χ0) is 5.86. The number of aliphatic hydroxyl groups excluding tert-OH is 1. The Kier molecular flexibility index (Phi) is 5.90. The van der Waals surface area contributed by atoms with Gasteiger partial charge in [0.2, 0.25) is 0 Å². The number of carbonyl (C=O) groups excluding carboxylic acids is 1. The number of quaternary nitrogens is 1. The van der Waals surface area contributed by atoms with Crippen LogP contribution < -0.4 is 11.3 Å². The van der Waals surface area contributed by atoms with Crippen molar-refractivity contribution < 1.29 is 15.0 Å². The van der Waals surface area contributed by atoms with Crippen molar-refractivity contribution in [3.63, 3.8) is 0 Å². The maximum absolute atomic E-state index is 9.57. The summed E-state index contributed by atoms with van der Waals surface area (Å²) in [6, 6.07) is 0. The van der Waals surface area contributed by atoms with Crippen molar-refractivity contribution in [3.8, 4) is 0 Å². The Morgan fingerprint density at radius 3 is 2.25 bits per heavy atom. The van der Waals surface area contributed by atoms with Crippen LogP contribution in [0.25, 0.3) is 0 Å². The zero-order valence-electron chi connectivity index (χ0n) is 5.05. The van der Waals surface area contributed by atoms with Gasteiger partial charge >= 0.3 is 0 Å². The molecule has 4 nitrogen and oxygen atoms in total. The predicted molar refractivity (Wildman–Crippen MR) is 27.3 cm³/mol. The molecule has 0 aromatic heterocycles. The number of carboxylic acids is 1. The Balaban J connectivity index is 0. The minimum absolute atomic E-state index is 0. The first kappa shape index (κ1) is 10.4. The van der Waals surface area contributed by atoms with E-state index in [1.165, 1.54) is 0 Å². The highest BCUT2D eigenvalue weighted by atomic mass is 16.4. The highest BCUT2D eigenvalue weighted by Crippen LogP contribution is 1.83. The fourth-order valence-electron chi connectivity index (χ4n) is 0.167. The van der Waals surface area contributed by atoms with E-state index in [4.69, 9.17) is 5.11 Å². The van der Waals surface area contributed by atoms with Crippen LogP contribution in [0.1, 0.15) is 13.3 Å². The minimum atomic E-state index is -1.40. The molecule has 0 aliphatic carbocycles. The van der Waals surface area contributed by atoms with E-state index in [9.17, 15) is 9.90 Å². The van der Waals surface area contributed by atoms with Gasteiger partial charge < -0.3 is 21.2 Å². The maximum Gasteiger partial charge on any atom is 0.0931 e. The number of aliphatic carboxylic acids is 1. The highest BCUT2D eigenvalue weighted by molar-refractivity contribution is 5.69. The smallest absolute Gasteiger partial charge is 0.0931 e. The van der Waals surface area contributed by atoms with Gasteiger partial charge in [-0.15, -0.1) is 0 Å². The summed E-state index contributed by atoms with van der Waals surface area (Å²) in [5, 5.41) is 17.8. The van der Waals surface area contributed by atoms with Gasteiger partial charge in [0.1, 0.15) is 0 Å². The van der Waals surface area contributed by atoms with Crippen molar-refractivity contribution in [1.29, 1.82) is 0 Å². The second kappa shape index (κ2) is 4.55. The predicted octanol–water partition coefficient (Wildman–Crippen LogP) is -1.12. The lowest BCUT2D eigenvalue weighted by Crippen LogP contribution is -2.34. The van der Waals surface area contributed by atoms with Crippen LogP contribution in [0.5, 0.6) is 0 Å². The van der Waals surface area contributed by atoms with Crippen molar-refractivity contribution in [2.24, 2.45) is 0 Å². The van der Waals surface area contributed by atoms with Gasteiger partial charge in [0.05, 0.1) is 12.1 Å². The minimum Gasteiger partial charge on any atom is -0.547 e. The van der Waals surface area contributed by atoms with Crippen LogP contribution >= 0.6 is 0 Å². The van der Waals surface area contributed by atoms with E-state index in [-0.39, 0.29) is 12.6 Å². The van der Waals surface area contributed by atoms with E-state index in [0.717, 1.165) is 0 Å². The van der Waals surface area contributed by atoms with Crippen LogP contribution in [0.4, 0.5) is 0 Å². The van der Waals surface area contributed by atoms with Crippen molar-refractivity contribution >= 4 is 5.97 Å². The topological polar surface area (TPSA) is 96.9 Å². The summed E-state index contributed by atoms with van der Waals surface area (Å²) >= 11 is 0. The molecule has 0 saturated carbocycles. The molecule has 4 heteroatoms. The second-order valence-electron chi connectivity index (χ2n) is 1.24. The number of carboxylic acid groups (broad SMARTS) is 1. The number of hydrogen-bond donors (Lipinski definition) is 2. The molecule has 1 atom stereocenters. The fraction of sp³-hybridized carbons (Fsp3) is 0.750. The first-order chi connectivity index (χ1) is 3.18. The molecule has 1 unspecified atom stereocenters. The Labute approximate surface area is 47.7 Å². The van der Waals surface area contributed by atoms with Crippen molar-refractivity contribution in [2.45, 2.75) is 19.4 Å². The molecular formula is C4H11NO3. The third-order valence-corrected chi connectivity index (χ3v) is 0.659. The summed E-state index contributed by atoms with van der Waals surface area (Å²) in [6.07, 6.45) is -1.08. The lowest BCUT2D eigenvalue weighted by Gasteiger charge is -2.05. The van der Waals surface area contributed by atoms with Gasteiger partial charge in [0.25, 0.3) is 0 Å². The van der Waals surface area contributed by atoms with Gasteiger partial charge in [-0.05, 0) is 6.42 Å². The first-order valence-electron chi connectivity index (χ1n) is 2.07. The number of hydrogen-bond acceptors (Lipinski definition) is 3. The van der Waals surface area contributed by atoms with Crippen LogP contribution in [0.2, 0.25) is 0 Å². The molecule has 0 aliphatic rings. The Hall–Kier alpha value is -0.610. The van der Waals surface area contributed by atoms with Gasteiger partial charge in [-0.3, -0.25) is 0 Å². The van der Waals surface area contributed by atoms with Gasteiger partial charge in [0.15, 0.2) is 0 Å². The van der Waals surface area contributed by atoms with Gasteiger partial charge in [-0.1, -0.05) is 6.92 Å². The van der Waals surface area contributed by atoms with E-state index in [1.54, 1.807) is 6.92 Å². The van der Waals surface area contributed by atoms with E-state index in [0.29, 0.717) is 0 Å². The average molecular weight is 121 g/mol. The average Bonchev–Trinajstić information content (AvgIpc) is 1.65. The van der Waals surface area contributed by atoms with E-state index in [1.807, 2.05) is 0 Å². The number of rotatable bonds is 2. The van der Waals surface area contributed by atoms with E-state index >= 15 is 0 Å². The molecule has 0 spiro atoms. The third kappa shape index (κ3) is 3.58. The van der Waals surface area contributed by atoms with Gasteiger partial charge in [-0.25, -0.2) is 0 Å². The largest absolute Gasteiger partial charge is 0.547 e. The highest BCUT2D eigenvalue weighted by Gasteiger charge is 1.96. The molecule has 0 aromatic carbocycles. The van der Waals surface area contributed by atoms with Crippen molar-refractivity contribution in [2.75, 3.05) is 0 Å². The Morgan fingerprint density at radius 2 is 2.25 bits per heavy atom. The van der Waals surface area contributed by atoms with E-state index in [2.05, 4.69) is 0 Å². The Morgan fingerprint density at radius 1 is 1.88 bits per heavy atom. The molecule has 5 N–H and O–H groups in total. The summed E-state index contributed by atoms with van der Waals surface area (Å²) in [5.41, 5.74) is 0. The summed E-state index contributed by atoms with van der Waals surface area (Å²) in [6.45, 7) is 1.57. The van der Waals surface area contributed by atoms with Crippen LogP contribution in [0.3, 0.4) is 0 Å². The van der Waals surface area contributed by atoms with Crippen LogP contribution in [-0.2, 0) is 4.79 Å². The van der Waals surface area contributed by atoms with Crippen LogP contribution in [0, 0.1) is 0 Å². The van der Waals surface area contributed by atoms with Crippen LogP contribution in [0.15, 0.2) is 0 Å². The Bertz CT molecular complexity index is 73.7. The van der Waals surface area contributed by atoms with Gasteiger partial charge in [-0.2, -0.15) is 0 Å². The molecule has 0 rings (SSSR count). The van der Waals surface area contributed by atoms with Crippen molar-refractivity contribution in [1.82, 2.24) is 6.15 Å². The van der Waals surface area contributed by atoms with Crippen LogP contribution in [-0.4, -0.2) is 17.2 Å². The maximum atomic E-state index is 9.57. The number of aliphatic hydroxyl groups is 1. The number of carbonyl (C=O) groups is 1. The molecule has 0 fully saturated rings. The molecule has 8 heavy (non-hydrogen) atoms. The molecular weight excluding hydrogens is 110 g/mol. The SMILES string of the molecule is CCC(O)C(=O)[O-].[NH4+]. The molecule has 0 aliphatic heterocycles. The summed E-state index contributed by atoms with van der Waals surface area (Å²) < 4.78 is 0. The molecule has 0 saturated heterocycles. The molecule has 0 bridgehead atoms. The normalized spacial score (nSPS) is 11.8. The first-order valence-corrected chi connectivity index (χ1v) is 2.07. The molecule has 0 aromatic rings. The van der Waals surface area contributed by atoms with E-state index < -0.39 is 12.1 Å². The van der Waals surface area contributed by atoms with Crippen molar-refractivity contribution in [3.05, 3.63) is 0 Å². The summed E-state index contributed by atoms with van der Waals surface area (Å²) in [5.74, 6) is -1.40. The van der Waals surface area contributed by atoms with Gasteiger partial charge in [0, 0.05) is 0 Å². The lowest BCUT2D eigenvalue weighted by molar-refractivity contribution is -0.315. The molecule has 0 radical (unpaired) electrons. The molecule has 0 amide bonds. The quantitative estimate of drug-likeness (QED) is 0.484.